The summed E-state index contributed by atoms with van der Waals surface area (Å²) >= 11 is 0. The van der Waals surface area contributed by atoms with Gasteiger partial charge < -0.3 is 18.8 Å². The molecule has 0 bridgehead atoms. The number of rotatable bonds is 5. The minimum absolute atomic E-state index is 0.00916. The lowest BCUT2D eigenvalue weighted by Crippen LogP contribution is -2.40. The molecule has 0 atom stereocenters. The van der Waals surface area contributed by atoms with E-state index in [2.05, 4.69) is 4.98 Å². The van der Waals surface area contributed by atoms with Crippen LogP contribution in [-0.2, 0) is 27.1 Å². The number of oxazole rings is 1. The lowest BCUT2D eigenvalue weighted by Gasteiger charge is -2.29. The van der Waals surface area contributed by atoms with Gasteiger partial charge in [-0.3, -0.25) is 4.79 Å². The van der Waals surface area contributed by atoms with Crippen LogP contribution in [0.3, 0.4) is 0 Å². The van der Waals surface area contributed by atoms with Crippen LogP contribution in [0.1, 0.15) is 31.0 Å². The number of halogens is 3. The molecule has 1 amide bonds. The van der Waals surface area contributed by atoms with Crippen molar-refractivity contribution in [3.8, 4) is 11.5 Å². The topological polar surface area (TPSA) is 81.9 Å². The quantitative estimate of drug-likeness (QED) is 0.664. The molecular weight excluding hydrogens is 405 g/mol. The van der Waals surface area contributed by atoms with Gasteiger partial charge in [-0.1, -0.05) is 6.07 Å². The molecule has 1 aliphatic heterocycles. The Hall–Kier alpha value is -3.04. The molecule has 0 aliphatic carbocycles. The van der Waals surface area contributed by atoms with E-state index in [4.69, 9.17) is 13.9 Å². The average molecular weight is 426 g/mol. The van der Waals surface area contributed by atoms with Crippen LogP contribution in [0, 0.1) is 5.92 Å². The Morgan fingerprint density at radius 2 is 1.97 bits per heavy atom. The highest BCUT2D eigenvalue weighted by Crippen LogP contribution is 2.32. The van der Waals surface area contributed by atoms with E-state index in [0.29, 0.717) is 38.2 Å². The monoisotopic (exact) mass is 426 g/mol. The number of likely N-dealkylation sites (tertiary alicyclic amines) is 1. The summed E-state index contributed by atoms with van der Waals surface area (Å²) < 4.78 is 54.0. The summed E-state index contributed by atoms with van der Waals surface area (Å²) in [5.74, 6) is -0.748. The number of hydrogen-bond acceptors (Lipinski definition) is 6. The highest BCUT2D eigenvalue weighted by atomic mass is 19.4. The van der Waals surface area contributed by atoms with Crippen molar-refractivity contribution >= 4 is 12.1 Å². The normalized spacial score (nSPS) is 15.1. The highest BCUT2D eigenvalue weighted by Gasteiger charge is 2.31. The molecule has 0 N–H and O–H groups in total. The van der Waals surface area contributed by atoms with Crippen LogP contribution in [0.25, 0.3) is 11.5 Å². The Labute approximate surface area is 170 Å². The van der Waals surface area contributed by atoms with Gasteiger partial charge in [-0.2, -0.15) is 13.2 Å². The maximum absolute atomic E-state index is 12.8. The van der Waals surface area contributed by atoms with Crippen molar-refractivity contribution in [2.45, 2.75) is 32.5 Å². The van der Waals surface area contributed by atoms with E-state index in [1.165, 1.54) is 18.4 Å². The molecule has 0 unspecified atom stereocenters. The molecule has 1 fully saturated rings. The van der Waals surface area contributed by atoms with Gasteiger partial charge in [-0.25, -0.2) is 9.78 Å². The summed E-state index contributed by atoms with van der Waals surface area (Å²) in [5, 5.41) is 0. The van der Waals surface area contributed by atoms with Gasteiger partial charge in [0.2, 0.25) is 5.89 Å². The van der Waals surface area contributed by atoms with E-state index in [0.717, 1.165) is 12.1 Å². The lowest BCUT2D eigenvalue weighted by atomic mass is 9.97. The molecule has 30 heavy (non-hydrogen) atoms. The van der Waals surface area contributed by atoms with Crippen molar-refractivity contribution in [2.75, 3.05) is 19.7 Å². The summed E-state index contributed by atoms with van der Waals surface area (Å²) in [6.07, 6.45) is -2.69. The molecule has 0 spiro atoms. The smallest absolute Gasteiger partial charge is 0.416 e. The summed E-state index contributed by atoms with van der Waals surface area (Å²) in [5.41, 5.74) is -0.339. The molecule has 0 saturated carbocycles. The zero-order chi connectivity index (χ0) is 21.7. The van der Waals surface area contributed by atoms with Gasteiger partial charge in [0.05, 0.1) is 18.1 Å². The van der Waals surface area contributed by atoms with E-state index < -0.39 is 23.8 Å². The van der Waals surface area contributed by atoms with Crippen molar-refractivity contribution in [3.05, 3.63) is 41.8 Å². The zero-order valence-electron chi connectivity index (χ0n) is 16.3. The Kier molecular flexibility index (Phi) is 6.63. The van der Waals surface area contributed by atoms with Crippen LogP contribution < -0.4 is 0 Å². The number of amides is 1. The van der Waals surface area contributed by atoms with Gasteiger partial charge in [0, 0.05) is 18.7 Å². The first-order valence-corrected chi connectivity index (χ1v) is 9.48. The van der Waals surface area contributed by atoms with Crippen LogP contribution >= 0.6 is 0 Å². The van der Waals surface area contributed by atoms with Crippen molar-refractivity contribution in [1.29, 1.82) is 0 Å². The minimum atomic E-state index is -4.47. The lowest BCUT2D eigenvalue weighted by molar-refractivity contribution is -0.151. The minimum Gasteiger partial charge on any atom is -0.459 e. The van der Waals surface area contributed by atoms with Gasteiger partial charge in [-0.15, -0.1) is 0 Å². The molecule has 1 aromatic heterocycles. The van der Waals surface area contributed by atoms with Gasteiger partial charge in [0.25, 0.3) is 0 Å². The SMILES string of the molecule is CCOC(=O)N1CCC(C(=O)OCc2coc(-c3cccc(C(F)(F)F)c3)n2)CC1. The molecule has 7 nitrogen and oxygen atoms in total. The maximum atomic E-state index is 12.8. The third-order valence-corrected chi connectivity index (χ3v) is 4.71. The zero-order valence-corrected chi connectivity index (χ0v) is 16.3. The summed E-state index contributed by atoms with van der Waals surface area (Å²) in [7, 11) is 0. The first-order chi connectivity index (χ1) is 14.3. The number of esters is 1. The number of alkyl halides is 3. The molecule has 2 heterocycles. The molecule has 0 radical (unpaired) electrons. The Morgan fingerprint density at radius 3 is 2.63 bits per heavy atom. The number of piperidine rings is 1. The van der Waals surface area contributed by atoms with Crippen LogP contribution in [-0.4, -0.2) is 41.6 Å². The Morgan fingerprint density at radius 1 is 1.23 bits per heavy atom. The predicted octanol–water partition coefficient (Wildman–Crippen LogP) is 4.27. The van der Waals surface area contributed by atoms with Crippen molar-refractivity contribution in [3.63, 3.8) is 0 Å². The standard InChI is InChI=1S/C20H21F3N2O5/c1-2-28-19(27)25-8-6-13(7-9-25)18(26)30-12-16-11-29-17(24-16)14-4-3-5-15(10-14)20(21,22)23/h3-5,10-11,13H,2,6-9,12H2,1H3. The molecule has 3 rings (SSSR count). The first kappa shape index (κ1) is 21.7. The fraction of sp³-hybridized carbons (Fsp3) is 0.450. The van der Waals surface area contributed by atoms with E-state index in [1.807, 2.05) is 0 Å². The van der Waals surface area contributed by atoms with Gasteiger partial charge in [0.15, 0.2) is 0 Å². The van der Waals surface area contributed by atoms with E-state index in [1.54, 1.807) is 11.8 Å². The number of nitrogens with zero attached hydrogens (tertiary/aromatic N) is 2. The number of aromatic nitrogens is 1. The number of hydrogen-bond donors (Lipinski definition) is 0. The molecule has 10 heteroatoms. The Bertz CT molecular complexity index is 889. The van der Waals surface area contributed by atoms with Crippen LogP contribution in [0.5, 0.6) is 0 Å². The maximum Gasteiger partial charge on any atom is 0.416 e. The fourth-order valence-electron chi connectivity index (χ4n) is 3.11. The second-order valence-electron chi connectivity index (χ2n) is 6.79. The molecular formula is C20H21F3N2O5. The van der Waals surface area contributed by atoms with E-state index >= 15 is 0 Å². The molecule has 2 aromatic rings. The third-order valence-electron chi connectivity index (χ3n) is 4.71. The van der Waals surface area contributed by atoms with Gasteiger partial charge >= 0.3 is 18.2 Å². The van der Waals surface area contributed by atoms with Crippen molar-refractivity contribution in [1.82, 2.24) is 9.88 Å². The second kappa shape index (κ2) is 9.19. The molecule has 1 aromatic carbocycles. The summed E-state index contributed by atoms with van der Waals surface area (Å²) in [6.45, 7) is 2.68. The van der Waals surface area contributed by atoms with Crippen molar-refractivity contribution in [2.24, 2.45) is 5.92 Å². The molecule has 162 valence electrons. The molecule has 1 saturated heterocycles. The average Bonchev–Trinajstić information content (AvgIpc) is 3.21. The summed E-state index contributed by atoms with van der Waals surface area (Å²) in [4.78, 5) is 29.6. The number of carbonyl (C=O) groups excluding carboxylic acids is 2. The first-order valence-electron chi connectivity index (χ1n) is 9.48. The second-order valence-corrected chi connectivity index (χ2v) is 6.79. The number of carbonyl (C=O) groups is 2. The predicted molar refractivity (Wildman–Crippen MR) is 98.1 cm³/mol. The summed E-state index contributed by atoms with van der Waals surface area (Å²) in [6, 6.07) is 4.63. The van der Waals surface area contributed by atoms with Crippen LogP contribution in [0.15, 0.2) is 34.9 Å². The van der Waals surface area contributed by atoms with Gasteiger partial charge in [0.1, 0.15) is 18.6 Å². The highest BCUT2D eigenvalue weighted by molar-refractivity contribution is 5.73. The molecule has 1 aliphatic rings. The largest absolute Gasteiger partial charge is 0.459 e. The fourth-order valence-corrected chi connectivity index (χ4v) is 3.11. The number of ether oxygens (including phenoxy) is 2. The number of benzene rings is 1. The van der Waals surface area contributed by atoms with Crippen LogP contribution in [0.4, 0.5) is 18.0 Å². The third kappa shape index (κ3) is 5.31. The van der Waals surface area contributed by atoms with E-state index in [-0.39, 0.29) is 24.0 Å². The van der Waals surface area contributed by atoms with Gasteiger partial charge in [-0.05, 0) is 38.0 Å². The van der Waals surface area contributed by atoms with Crippen molar-refractivity contribution < 1.29 is 36.7 Å². The van der Waals surface area contributed by atoms with Crippen LogP contribution in [0.2, 0.25) is 0 Å². The van der Waals surface area contributed by atoms with E-state index in [9.17, 15) is 22.8 Å². The Balaban J connectivity index is 1.52.